The Morgan fingerprint density at radius 3 is 2.35 bits per heavy atom. The predicted molar refractivity (Wildman–Crippen MR) is 127 cm³/mol. The van der Waals surface area contributed by atoms with Crippen molar-refractivity contribution >= 4 is 27.3 Å². The van der Waals surface area contributed by atoms with Gasteiger partial charge in [0.25, 0.3) is 5.91 Å². The summed E-state index contributed by atoms with van der Waals surface area (Å²) in [4.78, 5) is 15.2. The third-order valence-corrected chi connectivity index (χ3v) is 7.72. The normalized spacial score (nSPS) is 18.0. The molecule has 0 spiro atoms. The molecule has 0 saturated heterocycles. The summed E-state index contributed by atoms with van der Waals surface area (Å²) in [5.41, 5.74) is 2.02. The van der Waals surface area contributed by atoms with Crippen LogP contribution in [-0.4, -0.2) is 38.8 Å². The van der Waals surface area contributed by atoms with Gasteiger partial charge in [-0.25, -0.2) is 21.5 Å². The summed E-state index contributed by atoms with van der Waals surface area (Å²) in [6.07, 6.45) is 0.468. The van der Waals surface area contributed by atoms with Gasteiger partial charge in [-0.2, -0.15) is 0 Å². The zero-order valence-electron chi connectivity index (χ0n) is 19.0. The Morgan fingerprint density at radius 2 is 1.68 bits per heavy atom. The Morgan fingerprint density at radius 1 is 1.00 bits per heavy atom. The minimum atomic E-state index is -3.71. The molecule has 0 aliphatic carbocycles. The van der Waals surface area contributed by atoms with Crippen molar-refractivity contribution < 1.29 is 22.0 Å². The Kier molecular flexibility index (Phi) is 6.42. The van der Waals surface area contributed by atoms with E-state index in [1.54, 1.807) is 29.2 Å². The number of carbonyl (C=O) groups is 1. The van der Waals surface area contributed by atoms with Gasteiger partial charge in [-0.05, 0) is 74.0 Å². The van der Waals surface area contributed by atoms with Crippen LogP contribution in [0.4, 0.5) is 20.2 Å². The second-order valence-corrected chi connectivity index (χ2v) is 10.6. The molecule has 3 aromatic rings. The number of hydrogen-bond acceptors (Lipinski definition) is 4. The maximum Gasteiger partial charge on any atom is 0.258 e. The van der Waals surface area contributed by atoms with Gasteiger partial charge in [0.05, 0.1) is 10.9 Å². The molecule has 0 radical (unpaired) electrons. The number of rotatable bonds is 5. The van der Waals surface area contributed by atoms with Crippen molar-refractivity contribution in [3.63, 3.8) is 0 Å². The lowest BCUT2D eigenvalue weighted by atomic mass is 9.90. The number of halogens is 2. The van der Waals surface area contributed by atoms with Gasteiger partial charge in [-0.3, -0.25) is 4.79 Å². The second kappa shape index (κ2) is 9.15. The van der Waals surface area contributed by atoms with Crippen LogP contribution in [0.1, 0.15) is 35.3 Å². The molecular weight excluding hydrogens is 460 g/mol. The first-order chi connectivity index (χ1) is 16.1. The zero-order chi connectivity index (χ0) is 24.6. The lowest BCUT2D eigenvalue weighted by molar-refractivity contribution is 0.0974. The number of amides is 1. The van der Waals surface area contributed by atoms with Crippen LogP contribution in [0.5, 0.6) is 0 Å². The number of benzene rings is 3. The summed E-state index contributed by atoms with van der Waals surface area (Å²) >= 11 is 0. The molecule has 4 rings (SSSR count). The number of fused-ring (bicyclic) bond motifs is 1. The first-order valence-electron chi connectivity index (χ1n) is 10.8. The zero-order valence-corrected chi connectivity index (χ0v) is 19.8. The van der Waals surface area contributed by atoms with Gasteiger partial charge in [0.15, 0.2) is 0 Å². The van der Waals surface area contributed by atoms with Gasteiger partial charge in [-0.1, -0.05) is 6.07 Å². The molecule has 1 amide bonds. The first-order valence-corrected chi connectivity index (χ1v) is 12.2. The van der Waals surface area contributed by atoms with Crippen LogP contribution in [-0.2, 0) is 10.0 Å². The molecule has 0 saturated carbocycles. The van der Waals surface area contributed by atoms with Crippen molar-refractivity contribution in [2.24, 2.45) is 0 Å². The average molecular weight is 486 g/mol. The number of nitrogens with zero attached hydrogens (tertiary/aromatic N) is 2. The van der Waals surface area contributed by atoms with E-state index in [-0.39, 0.29) is 34.3 Å². The van der Waals surface area contributed by atoms with E-state index in [2.05, 4.69) is 5.32 Å². The van der Waals surface area contributed by atoms with Crippen molar-refractivity contribution in [2.75, 3.05) is 24.3 Å². The van der Waals surface area contributed by atoms with Crippen LogP contribution in [0.15, 0.2) is 71.6 Å². The van der Waals surface area contributed by atoms with Gasteiger partial charge < -0.3 is 10.2 Å². The van der Waals surface area contributed by atoms with E-state index in [4.69, 9.17) is 0 Å². The molecule has 0 bridgehead atoms. The summed E-state index contributed by atoms with van der Waals surface area (Å²) in [5.74, 6) is -1.17. The van der Waals surface area contributed by atoms with Gasteiger partial charge in [0, 0.05) is 42.6 Å². The largest absolute Gasteiger partial charge is 0.378 e. The fourth-order valence-corrected chi connectivity index (χ4v) is 5.12. The van der Waals surface area contributed by atoms with Crippen molar-refractivity contribution in [1.29, 1.82) is 0 Å². The Bertz CT molecular complexity index is 1330. The highest BCUT2D eigenvalue weighted by molar-refractivity contribution is 7.89. The maximum absolute atomic E-state index is 14.2. The molecule has 34 heavy (non-hydrogen) atoms. The summed E-state index contributed by atoms with van der Waals surface area (Å²) in [6, 6.07) is 15.4. The summed E-state index contributed by atoms with van der Waals surface area (Å²) in [7, 11) is -0.861. The van der Waals surface area contributed by atoms with E-state index in [1.165, 1.54) is 56.6 Å². The molecule has 1 heterocycles. The van der Waals surface area contributed by atoms with E-state index in [0.29, 0.717) is 23.4 Å². The number of nitrogens with one attached hydrogen (secondary N) is 1. The van der Waals surface area contributed by atoms with Crippen molar-refractivity contribution in [2.45, 2.75) is 30.3 Å². The predicted octanol–water partition coefficient (Wildman–Crippen LogP) is 4.81. The lowest BCUT2D eigenvalue weighted by Crippen LogP contribution is -2.44. The number of hydrogen-bond donors (Lipinski definition) is 1. The van der Waals surface area contributed by atoms with Gasteiger partial charge in [0.1, 0.15) is 11.6 Å². The minimum absolute atomic E-state index is 0.0168. The van der Waals surface area contributed by atoms with Gasteiger partial charge in [0.2, 0.25) is 10.0 Å². The molecule has 9 heteroatoms. The quantitative estimate of drug-likeness (QED) is 0.563. The SMILES string of the molecule is C[C@H]1C[C@@H](Nc2ccc(F)cc2)c2cc(F)ccc2N1C(=O)c1cccc(S(=O)(=O)N(C)C)c1. The monoisotopic (exact) mass is 485 g/mol. The second-order valence-electron chi connectivity index (χ2n) is 8.48. The lowest BCUT2D eigenvalue weighted by Gasteiger charge is -2.40. The molecule has 2 atom stereocenters. The summed E-state index contributed by atoms with van der Waals surface area (Å²) in [6.45, 7) is 1.88. The van der Waals surface area contributed by atoms with Crippen LogP contribution >= 0.6 is 0 Å². The molecular formula is C25H25F2N3O3S. The third-order valence-electron chi connectivity index (χ3n) is 5.91. The maximum atomic E-state index is 14.2. The Hall–Kier alpha value is -3.30. The van der Waals surface area contributed by atoms with E-state index in [9.17, 15) is 22.0 Å². The van der Waals surface area contributed by atoms with E-state index < -0.39 is 15.8 Å². The van der Waals surface area contributed by atoms with Crippen molar-refractivity contribution in [3.8, 4) is 0 Å². The molecule has 178 valence electrons. The highest BCUT2D eigenvalue weighted by Gasteiger charge is 2.35. The van der Waals surface area contributed by atoms with E-state index in [1.807, 2.05) is 6.92 Å². The molecule has 6 nitrogen and oxygen atoms in total. The Balaban J connectivity index is 1.71. The fraction of sp³-hybridized carbons (Fsp3) is 0.240. The fourth-order valence-electron chi connectivity index (χ4n) is 4.17. The molecule has 1 N–H and O–H groups in total. The number of sulfonamides is 1. The summed E-state index contributed by atoms with van der Waals surface area (Å²) in [5, 5.41) is 3.31. The first kappa shape index (κ1) is 23.8. The molecule has 1 aliphatic rings. The standard InChI is InChI=1S/C25H25F2N3O3S/c1-16-13-23(28-20-10-7-18(26)8-11-20)22-15-19(27)9-12-24(22)30(16)25(31)17-5-4-6-21(14-17)34(32,33)29(2)3/h4-12,14-16,23,28H,13H2,1-3H3/t16-,23+/m0/s1. The minimum Gasteiger partial charge on any atom is -0.378 e. The molecule has 3 aromatic carbocycles. The Labute approximate surface area is 197 Å². The van der Waals surface area contributed by atoms with E-state index in [0.717, 1.165) is 4.31 Å². The highest BCUT2D eigenvalue weighted by atomic mass is 32.2. The van der Waals surface area contributed by atoms with E-state index >= 15 is 0 Å². The van der Waals surface area contributed by atoms with Crippen LogP contribution in [0, 0.1) is 11.6 Å². The topological polar surface area (TPSA) is 69.7 Å². The van der Waals surface area contributed by atoms with Crippen LogP contribution in [0.2, 0.25) is 0 Å². The van der Waals surface area contributed by atoms with Gasteiger partial charge in [-0.15, -0.1) is 0 Å². The van der Waals surface area contributed by atoms with Crippen molar-refractivity contribution in [1.82, 2.24) is 4.31 Å². The van der Waals surface area contributed by atoms with Crippen LogP contribution < -0.4 is 10.2 Å². The van der Waals surface area contributed by atoms with Crippen LogP contribution in [0.25, 0.3) is 0 Å². The van der Waals surface area contributed by atoms with Crippen molar-refractivity contribution in [3.05, 3.63) is 89.5 Å². The summed E-state index contributed by atoms with van der Waals surface area (Å²) < 4.78 is 53.7. The smallest absolute Gasteiger partial charge is 0.258 e. The molecule has 0 unspecified atom stereocenters. The number of anilines is 2. The molecule has 0 fully saturated rings. The van der Waals surface area contributed by atoms with Gasteiger partial charge >= 0.3 is 0 Å². The third kappa shape index (κ3) is 4.53. The number of carbonyl (C=O) groups excluding carboxylic acids is 1. The molecule has 0 aromatic heterocycles. The van der Waals surface area contributed by atoms with Crippen LogP contribution in [0.3, 0.4) is 0 Å². The molecule has 1 aliphatic heterocycles. The highest BCUT2D eigenvalue weighted by Crippen LogP contribution is 2.40. The average Bonchev–Trinajstić information content (AvgIpc) is 2.80.